The van der Waals surface area contributed by atoms with Crippen LogP contribution in [0, 0.1) is 6.92 Å². The van der Waals surface area contributed by atoms with Crippen LogP contribution in [0.5, 0.6) is 0 Å². The number of fused-ring (bicyclic) bond motifs is 1. The predicted molar refractivity (Wildman–Crippen MR) is 98.2 cm³/mol. The fraction of sp³-hybridized carbons (Fsp3) is 0.143. The molecule has 132 valence electrons. The highest BCUT2D eigenvalue weighted by Crippen LogP contribution is 2.44. The quantitative estimate of drug-likeness (QED) is 0.536. The van der Waals surface area contributed by atoms with Gasteiger partial charge >= 0.3 is 6.18 Å². The summed E-state index contributed by atoms with van der Waals surface area (Å²) < 4.78 is 38.5. The van der Waals surface area contributed by atoms with Gasteiger partial charge in [0.1, 0.15) is 6.67 Å². The number of anilines is 4. The summed E-state index contributed by atoms with van der Waals surface area (Å²) in [6.45, 7) is 2.59. The lowest BCUT2D eigenvalue weighted by molar-refractivity contribution is -0.137. The SMILES string of the molecule is Cc1ccc(N2CN(c3ccc(C(F)(F)F)cc3)c3ccccc32)cc1. The number of benzene rings is 3. The molecule has 0 atom stereocenters. The summed E-state index contributed by atoms with van der Waals surface area (Å²) >= 11 is 0. The molecule has 0 bridgehead atoms. The minimum atomic E-state index is -4.32. The van der Waals surface area contributed by atoms with E-state index in [0.717, 1.165) is 34.9 Å². The molecule has 0 unspecified atom stereocenters. The Bertz CT molecular complexity index is 915. The normalized spacial score (nSPS) is 13.8. The maximum absolute atomic E-state index is 12.8. The van der Waals surface area contributed by atoms with Gasteiger partial charge in [0.15, 0.2) is 0 Å². The van der Waals surface area contributed by atoms with E-state index in [0.29, 0.717) is 6.67 Å². The number of nitrogens with zero attached hydrogens (tertiary/aromatic N) is 2. The molecule has 0 aliphatic carbocycles. The summed E-state index contributed by atoms with van der Waals surface area (Å²) in [5.74, 6) is 0. The van der Waals surface area contributed by atoms with Crippen molar-refractivity contribution in [1.29, 1.82) is 0 Å². The molecule has 3 aromatic rings. The first-order chi connectivity index (χ1) is 12.4. The van der Waals surface area contributed by atoms with Crippen molar-refractivity contribution in [3.63, 3.8) is 0 Å². The molecule has 0 amide bonds. The molecule has 2 nitrogen and oxygen atoms in total. The molecule has 26 heavy (non-hydrogen) atoms. The third kappa shape index (κ3) is 2.90. The van der Waals surface area contributed by atoms with Gasteiger partial charge in [-0.05, 0) is 55.5 Å². The maximum atomic E-state index is 12.8. The maximum Gasteiger partial charge on any atom is 0.416 e. The molecule has 1 aliphatic heterocycles. The lowest BCUT2D eigenvalue weighted by atomic mass is 10.2. The van der Waals surface area contributed by atoms with Crippen LogP contribution in [-0.4, -0.2) is 6.67 Å². The zero-order valence-electron chi connectivity index (χ0n) is 14.2. The molecule has 0 saturated carbocycles. The van der Waals surface area contributed by atoms with Gasteiger partial charge in [0.05, 0.1) is 16.9 Å². The van der Waals surface area contributed by atoms with Gasteiger partial charge in [-0.2, -0.15) is 13.2 Å². The van der Waals surface area contributed by atoms with Gasteiger partial charge in [-0.3, -0.25) is 0 Å². The average Bonchev–Trinajstić information content (AvgIpc) is 3.01. The first-order valence-electron chi connectivity index (χ1n) is 8.31. The number of para-hydroxylation sites is 2. The number of rotatable bonds is 2. The van der Waals surface area contributed by atoms with Crippen LogP contribution >= 0.6 is 0 Å². The van der Waals surface area contributed by atoms with Crippen LogP contribution in [0.1, 0.15) is 11.1 Å². The van der Waals surface area contributed by atoms with E-state index in [1.165, 1.54) is 17.7 Å². The van der Waals surface area contributed by atoms with E-state index in [2.05, 4.69) is 29.2 Å². The summed E-state index contributed by atoms with van der Waals surface area (Å²) in [4.78, 5) is 4.18. The van der Waals surface area contributed by atoms with E-state index in [4.69, 9.17) is 0 Å². The molecule has 0 N–H and O–H groups in total. The number of alkyl halides is 3. The van der Waals surface area contributed by atoms with Crippen LogP contribution in [0.2, 0.25) is 0 Å². The van der Waals surface area contributed by atoms with Crippen molar-refractivity contribution in [1.82, 2.24) is 0 Å². The zero-order chi connectivity index (χ0) is 18.3. The third-order valence-corrected chi connectivity index (χ3v) is 4.60. The predicted octanol–water partition coefficient (Wildman–Crippen LogP) is 6.26. The number of hydrogen-bond donors (Lipinski definition) is 0. The lowest BCUT2D eigenvalue weighted by Gasteiger charge is -2.22. The second kappa shape index (κ2) is 6.09. The number of halogens is 3. The summed E-state index contributed by atoms with van der Waals surface area (Å²) in [5.41, 5.74) is 4.35. The minimum absolute atomic E-state index is 0.549. The Morgan fingerprint density at radius 1 is 0.692 bits per heavy atom. The Morgan fingerprint density at radius 2 is 1.15 bits per heavy atom. The van der Waals surface area contributed by atoms with Gasteiger partial charge in [0, 0.05) is 11.4 Å². The minimum Gasteiger partial charge on any atom is -0.321 e. The van der Waals surface area contributed by atoms with E-state index in [1.807, 2.05) is 36.1 Å². The van der Waals surface area contributed by atoms with E-state index in [9.17, 15) is 13.2 Å². The van der Waals surface area contributed by atoms with Gasteiger partial charge < -0.3 is 9.80 Å². The smallest absolute Gasteiger partial charge is 0.321 e. The average molecular weight is 354 g/mol. The lowest BCUT2D eigenvalue weighted by Crippen LogP contribution is -2.24. The van der Waals surface area contributed by atoms with Crippen molar-refractivity contribution in [3.8, 4) is 0 Å². The second-order valence-corrected chi connectivity index (χ2v) is 6.37. The Kier molecular flexibility index (Phi) is 3.87. The molecule has 0 spiro atoms. The molecule has 4 rings (SSSR count). The van der Waals surface area contributed by atoms with Crippen molar-refractivity contribution in [2.24, 2.45) is 0 Å². The first-order valence-corrected chi connectivity index (χ1v) is 8.31. The molecule has 3 aromatic carbocycles. The van der Waals surface area contributed by atoms with Gasteiger partial charge in [-0.15, -0.1) is 0 Å². The van der Waals surface area contributed by atoms with Crippen molar-refractivity contribution < 1.29 is 13.2 Å². The fourth-order valence-electron chi connectivity index (χ4n) is 3.21. The molecule has 5 heteroatoms. The molecular weight excluding hydrogens is 337 g/mol. The molecule has 1 heterocycles. The van der Waals surface area contributed by atoms with E-state index < -0.39 is 11.7 Å². The van der Waals surface area contributed by atoms with Crippen LogP contribution in [0.15, 0.2) is 72.8 Å². The van der Waals surface area contributed by atoms with Gasteiger partial charge in [-0.1, -0.05) is 29.8 Å². The van der Waals surface area contributed by atoms with Crippen molar-refractivity contribution in [2.75, 3.05) is 16.5 Å². The van der Waals surface area contributed by atoms with Gasteiger partial charge in [0.25, 0.3) is 0 Å². The van der Waals surface area contributed by atoms with E-state index >= 15 is 0 Å². The zero-order valence-corrected chi connectivity index (χ0v) is 14.2. The first kappa shape index (κ1) is 16.5. The highest BCUT2D eigenvalue weighted by molar-refractivity contribution is 5.86. The standard InChI is InChI=1S/C21H17F3N2/c1-15-6-10-17(11-7-15)25-14-26(20-5-3-2-4-19(20)25)18-12-8-16(9-13-18)21(22,23)24/h2-13H,14H2,1H3. The number of aryl methyl sites for hydroxylation is 1. The monoisotopic (exact) mass is 354 g/mol. The van der Waals surface area contributed by atoms with Crippen LogP contribution in [-0.2, 0) is 6.18 Å². The molecule has 1 aliphatic rings. The molecule has 0 aromatic heterocycles. The topological polar surface area (TPSA) is 6.48 Å². The highest BCUT2D eigenvalue weighted by Gasteiger charge is 2.31. The van der Waals surface area contributed by atoms with Crippen LogP contribution in [0.4, 0.5) is 35.9 Å². The Hall–Kier alpha value is -2.95. The Morgan fingerprint density at radius 3 is 1.62 bits per heavy atom. The summed E-state index contributed by atoms with van der Waals surface area (Å²) in [5, 5.41) is 0. The van der Waals surface area contributed by atoms with Crippen molar-refractivity contribution in [3.05, 3.63) is 83.9 Å². The molecular formula is C21H17F3N2. The van der Waals surface area contributed by atoms with E-state index in [-0.39, 0.29) is 0 Å². The third-order valence-electron chi connectivity index (χ3n) is 4.60. The fourth-order valence-corrected chi connectivity index (χ4v) is 3.21. The molecule has 0 fully saturated rings. The second-order valence-electron chi connectivity index (χ2n) is 6.37. The van der Waals surface area contributed by atoms with Crippen molar-refractivity contribution in [2.45, 2.75) is 13.1 Å². The largest absolute Gasteiger partial charge is 0.416 e. The molecule has 0 saturated heterocycles. The number of hydrogen-bond acceptors (Lipinski definition) is 2. The van der Waals surface area contributed by atoms with Crippen LogP contribution in [0.25, 0.3) is 0 Å². The van der Waals surface area contributed by atoms with E-state index in [1.54, 1.807) is 0 Å². The van der Waals surface area contributed by atoms with Gasteiger partial charge in [-0.25, -0.2) is 0 Å². The molecule has 0 radical (unpaired) electrons. The van der Waals surface area contributed by atoms with Crippen LogP contribution < -0.4 is 9.80 Å². The summed E-state index contributed by atoms with van der Waals surface area (Å²) in [6, 6.07) is 21.5. The Labute approximate surface area is 150 Å². The summed E-state index contributed by atoms with van der Waals surface area (Å²) in [6.07, 6.45) is -4.32. The van der Waals surface area contributed by atoms with Crippen LogP contribution in [0.3, 0.4) is 0 Å². The van der Waals surface area contributed by atoms with Crippen molar-refractivity contribution >= 4 is 22.7 Å². The van der Waals surface area contributed by atoms with Gasteiger partial charge in [0.2, 0.25) is 0 Å². The summed E-state index contributed by atoms with van der Waals surface area (Å²) in [7, 11) is 0. The highest BCUT2D eigenvalue weighted by atomic mass is 19.4. The Balaban J connectivity index is 1.71.